The molecule has 0 aliphatic heterocycles. The van der Waals surface area contributed by atoms with Crippen LogP contribution in [0.4, 0.5) is 0 Å². The van der Waals surface area contributed by atoms with Gasteiger partial charge in [0, 0.05) is 11.1 Å². The van der Waals surface area contributed by atoms with Crippen LogP contribution in [-0.2, 0) is 21.1 Å². The van der Waals surface area contributed by atoms with E-state index in [9.17, 15) is 0 Å². The summed E-state index contributed by atoms with van der Waals surface area (Å²) in [7, 11) is 0. The van der Waals surface area contributed by atoms with Gasteiger partial charge < -0.3 is 68.9 Å². The van der Waals surface area contributed by atoms with Gasteiger partial charge in [0.05, 0.1) is 13.2 Å². The Hall–Kier alpha value is -0.872. The monoisotopic (exact) mass is 789 g/mol. The zero-order chi connectivity index (χ0) is 18.1. The van der Waals surface area contributed by atoms with Crippen LogP contribution in [-0.4, -0.2) is 24.9 Å². The van der Waals surface area contributed by atoms with E-state index in [0.717, 1.165) is 30.8 Å². The van der Waals surface area contributed by atoms with Gasteiger partial charge in [0.2, 0.25) is 0 Å². The largest absolute Gasteiger partial charge is 2.00 e. The minimum atomic E-state index is 0. The predicted molar refractivity (Wildman–Crippen MR) is 99.8 cm³/mol. The number of ether oxygens (including phenoxy) is 2. The van der Waals surface area contributed by atoms with Gasteiger partial charge in [0.1, 0.15) is 23.2 Å². The van der Waals surface area contributed by atoms with Crippen molar-refractivity contribution in [2.24, 2.45) is 11.5 Å². The van der Waals surface area contributed by atoms with Crippen LogP contribution in [0.1, 0.15) is 30.4 Å². The molecule has 2 aromatic carbocycles. The number of hydrogen-bond acceptors (Lipinski definition) is 4. The predicted octanol–water partition coefficient (Wildman–Crippen LogP) is -3.11. The van der Waals surface area contributed by atoms with Crippen LogP contribution in [0.15, 0.2) is 48.5 Å². The summed E-state index contributed by atoms with van der Waals surface area (Å²) in [6.07, 6.45) is 2.90. The topological polar surface area (TPSA) is 118 Å². The van der Waals surface area contributed by atoms with Crippen LogP contribution in [0.25, 0.3) is 0 Å². The Balaban J connectivity index is 0. The van der Waals surface area contributed by atoms with Gasteiger partial charge >= 0.3 is 21.1 Å². The summed E-state index contributed by atoms with van der Waals surface area (Å²) in [5.41, 5.74) is 12.2. The number of nitrogens with two attached hydrogens (primary N) is 2. The summed E-state index contributed by atoms with van der Waals surface area (Å²) in [4.78, 5) is 0. The van der Waals surface area contributed by atoms with E-state index in [1.165, 1.54) is 0 Å². The minimum absolute atomic E-state index is 0. The number of amidine groups is 2. The molecule has 0 fully saturated rings. The van der Waals surface area contributed by atoms with E-state index < -0.39 is 0 Å². The Labute approximate surface area is 214 Å². The first-order chi connectivity index (χ1) is 12.1. The third kappa shape index (κ3) is 10.6. The summed E-state index contributed by atoms with van der Waals surface area (Å²) < 4.78 is 11.3. The summed E-state index contributed by atoms with van der Waals surface area (Å²) >= 11 is 0. The molecule has 28 heavy (non-hydrogen) atoms. The van der Waals surface area contributed by atoms with Gasteiger partial charge in [0.25, 0.3) is 0 Å². The molecule has 0 radical (unpaired) electrons. The fraction of sp³-hybridized carbons (Fsp3) is 0.263. The van der Waals surface area contributed by atoms with Crippen LogP contribution in [0.5, 0.6) is 11.5 Å². The third-order valence-corrected chi connectivity index (χ3v) is 3.66. The van der Waals surface area contributed by atoms with Gasteiger partial charge in [-0.05, 0) is 67.8 Å². The van der Waals surface area contributed by atoms with Crippen molar-refractivity contribution in [2.75, 3.05) is 13.2 Å². The number of rotatable bonds is 10. The van der Waals surface area contributed by atoms with Crippen molar-refractivity contribution in [3.63, 3.8) is 0 Å². The van der Waals surface area contributed by atoms with E-state index in [1.54, 1.807) is 24.3 Å². The second-order valence-electron chi connectivity index (χ2n) is 5.63. The molecule has 0 saturated heterocycles. The molecule has 2 aromatic rings. The first-order valence-corrected chi connectivity index (χ1v) is 8.21. The van der Waals surface area contributed by atoms with Gasteiger partial charge in [-0.2, -0.15) is 0 Å². The number of nitrogens with one attached hydrogen (secondary N) is 2. The van der Waals surface area contributed by atoms with E-state index in [-0.39, 0.29) is 80.7 Å². The molecule has 0 aliphatic carbocycles. The van der Waals surface area contributed by atoms with Gasteiger partial charge in [-0.3, -0.25) is 10.8 Å². The molecule has 6 nitrogen and oxygen atoms in total. The minimum Gasteiger partial charge on any atom is -1.00 e. The summed E-state index contributed by atoms with van der Waals surface area (Å²) in [6.45, 7) is 1.29. The molecule has 9 heteroatoms. The van der Waals surface area contributed by atoms with Gasteiger partial charge in [-0.1, -0.05) is 0 Å². The Bertz CT molecular complexity index is 651. The zero-order valence-electron chi connectivity index (χ0n) is 15.2. The van der Waals surface area contributed by atoms with E-state index in [2.05, 4.69) is 0 Å². The van der Waals surface area contributed by atoms with Crippen molar-refractivity contribution in [1.82, 2.24) is 0 Å². The molecular formula is C19H24I2N4O2Pt. The van der Waals surface area contributed by atoms with Crippen LogP contribution in [0, 0.1) is 10.8 Å². The van der Waals surface area contributed by atoms with Crippen LogP contribution < -0.4 is 68.9 Å². The molecular weight excluding hydrogens is 765 g/mol. The zero-order valence-corrected chi connectivity index (χ0v) is 21.8. The Morgan fingerprint density at radius 2 is 0.964 bits per heavy atom. The van der Waals surface area contributed by atoms with Crippen molar-refractivity contribution in [2.45, 2.75) is 19.3 Å². The first kappa shape index (κ1) is 29.3. The summed E-state index contributed by atoms with van der Waals surface area (Å²) in [5.74, 6) is 1.68. The second-order valence-corrected chi connectivity index (χ2v) is 5.63. The van der Waals surface area contributed by atoms with E-state index in [1.807, 2.05) is 24.3 Å². The van der Waals surface area contributed by atoms with E-state index >= 15 is 0 Å². The van der Waals surface area contributed by atoms with E-state index in [0.29, 0.717) is 24.3 Å². The fourth-order valence-electron chi connectivity index (χ4n) is 2.22. The van der Waals surface area contributed by atoms with Gasteiger partial charge in [0.15, 0.2) is 0 Å². The Kier molecular flexibility index (Phi) is 16.7. The van der Waals surface area contributed by atoms with Gasteiger partial charge in [-0.15, -0.1) is 0 Å². The SMILES string of the molecule is N=C(N)c1ccc(OCCCCCOc2ccc(C(=N)N)cc2)cc1.[I-].[I-].[Pt+2]. The quantitative estimate of drug-likeness (QED) is 0.0884. The maximum absolute atomic E-state index is 7.34. The standard InChI is InChI=1S/C19H24N4O2.2HI.Pt/c20-18(21)14-4-8-16(9-5-14)24-12-2-1-3-13-25-17-10-6-15(7-11-17)19(22)23;;;/h4-11H,1-3,12-13H2,(H3,20,21)(H3,22,23);2*1H;/q;;;+2/p-2. The van der Waals surface area contributed by atoms with Crippen LogP contribution in [0.3, 0.4) is 0 Å². The van der Waals surface area contributed by atoms with Crippen LogP contribution in [0.2, 0.25) is 0 Å². The number of benzene rings is 2. The molecule has 156 valence electrons. The number of unbranched alkanes of at least 4 members (excludes halogenated alkanes) is 2. The molecule has 0 saturated carbocycles. The van der Waals surface area contributed by atoms with Crippen molar-refractivity contribution in [1.29, 1.82) is 10.8 Å². The number of halogens is 2. The molecule has 0 amide bonds. The molecule has 0 atom stereocenters. The fourth-order valence-corrected chi connectivity index (χ4v) is 2.22. The normalized spacial score (nSPS) is 9.14. The second kappa shape index (κ2) is 16.0. The first-order valence-electron chi connectivity index (χ1n) is 8.21. The Morgan fingerprint density at radius 3 is 1.25 bits per heavy atom. The maximum atomic E-state index is 7.34. The van der Waals surface area contributed by atoms with Crippen molar-refractivity contribution in [3.8, 4) is 11.5 Å². The van der Waals surface area contributed by atoms with Crippen LogP contribution >= 0.6 is 0 Å². The number of nitrogen functional groups attached to an aromatic ring is 2. The van der Waals surface area contributed by atoms with Gasteiger partial charge in [-0.25, -0.2) is 0 Å². The average molecular weight is 789 g/mol. The summed E-state index contributed by atoms with van der Waals surface area (Å²) in [6, 6.07) is 14.4. The molecule has 0 heterocycles. The maximum Gasteiger partial charge on any atom is 2.00 e. The molecule has 0 unspecified atom stereocenters. The molecule has 0 spiro atoms. The average Bonchev–Trinajstić information content (AvgIpc) is 2.61. The third-order valence-electron chi connectivity index (χ3n) is 3.66. The number of hydrogen-bond donors (Lipinski definition) is 4. The molecule has 6 N–H and O–H groups in total. The summed E-state index contributed by atoms with van der Waals surface area (Å²) in [5, 5.41) is 14.7. The van der Waals surface area contributed by atoms with Crippen molar-refractivity contribution < 1.29 is 78.5 Å². The molecule has 0 aromatic heterocycles. The van der Waals surface area contributed by atoms with Crippen molar-refractivity contribution in [3.05, 3.63) is 59.7 Å². The smallest absolute Gasteiger partial charge is 1.00 e. The molecule has 2 rings (SSSR count). The molecule has 0 bridgehead atoms. The van der Waals surface area contributed by atoms with E-state index in [4.69, 9.17) is 31.8 Å². The Morgan fingerprint density at radius 1 is 0.643 bits per heavy atom. The molecule has 0 aliphatic rings. The van der Waals surface area contributed by atoms with Crippen molar-refractivity contribution >= 4 is 11.7 Å².